The van der Waals surface area contributed by atoms with Gasteiger partial charge in [0.2, 0.25) is 0 Å². The molecule has 0 fully saturated rings. The van der Waals surface area contributed by atoms with Crippen molar-refractivity contribution in [2.75, 3.05) is 5.32 Å². The van der Waals surface area contributed by atoms with E-state index in [4.69, 9.17) is 0 Å². The van der Waals surface area contributed by atoms with Crippen LogP contribution in [0.2, 0.25) is 0 Å². The Morgan fingerprint density at radius 2 is 1.74 bits per heavy atom. The standard InChI is InChI=1S/C16H14N2O/c1-12(19)14-9-5-6-10-15(14)18-16(11-17)13-7-3-2-4-8-13/h2-10,16,18H,1H3/t16-/m0/s1. The monoisotopic (exact) mass is 250 g/mol. The highest BCUT2D eigenvalue weighted by molar-refractivity contribution is 5.99. The molecule has 3 nitrogen and oxygen atoms in total. The van der Waals surface area contributed by atoms with Crippen LogP contribution in [0, 0.1) is 11.3 Å². The van der Waals surface area contributed by atoms with Gasteiger partial charge in [0.15, 0.2) is 5.78 Å². The van der Waals surface area contributed by atoms with E-state index in [1.807, 2.05) is 48.5 Å². The lowest BCUT2D eigenvalue weighted by atomic mass is 10.1. The predicted molar refractivity (Wildman–Crippen MR) is 74.9 cm³/mol. The number of nitrogens with zero attached hydrogens (tertiary/aromatic N) is 1. The van der Waals surface area contributed by atoms with Crippen LogP contribution in [-0.4, -0.2) is 5.78 Å². The molecule has 0 saturated carbocycles. The van der Waals surface area contributed by atoms with E-state index in [1.165, 1.54) is 6.92 Å². The minimum absolute atomic E-state index is 0.0205. The highest BCUT2D eigenvalue weighted by Crippen LogP contribution is 2.22. The Balaban J connectivity index is 2.30. The van der Waals surface area contributed by atoms with Crippen molar-refractivity contribution in [3.05, 3.63) is 65.7 Å². The summed E-state index contributed by atoms with van der Waals surface area (Å²) in [4.78, 5) is 11.5. The molecule has 2 rings (SSSR count). The van der Waals surface area contributed by atoms with Crippen LogP contribution in [0.3, 0.4) is 0 Å². The second kappa shape index (κ2) is 5.83. The van der Waals surface area contributed by atoms with Crippen LogP contribution in [-0.2, 0) is 0 Å². The van der Waals surface area contributed by atoms with Gasteiger partial charge in [-0.2, -0.15) is 5.26 Å². The number of rotatable bonds is 4. The summed E-state index contributed by atoms with van der Waals surface area (Å²) >= 11 is 0. The number of carbonyl (C=O) groups excluding carboxylic acids is 1. The normalized spacial score (nSPS) is 11.4. The highest BCUT2D eigenvalue weighted by atomic mass is 16.1. The number of nitriles is 1. The molecule has 0 bridgehead atoms. The molecule has 0 unspecified atom stereocenters. The minimum Gasteiger partial charge on any atom is -0.366 e. The molecule has 0 heterocycles. The fraction of sp³-hybridized carbons (Fsp3) is 0.125. The zero-order chi connectivity index (χ0) is 13.7. The minimum atomic E-state index is -0.471. The van der Waals surface area contributed by atoms with E-state index < -0.39 is 6.04 Å². The van der Waals surface area contributed by atoms with Crippen molar-refractivity contribution in [1.82, 2.24) is 0 Å². The number of para-hydroxylation sites is 1. The van der Waals surface area contributed by atoms with Gasteiger partial charge in [0, 0.05) is 11.3 Å². The number of ketones is 1. The summed E-state index contributed by atoms with van der Waals surface area (Å²) in [5.74, 6) is -0.0205. The number of anilines is 1. The Labute approximate surface area is 112 Å². The summed E-state index contributed by atoms with van der Waals surface area (Å²) in [6, 6.07) is 18.4. The van der Waals surface area contributed by atoms with Crippen molar-refractivity contribution < 1.29 is 4.79 Å². The average Bonchev–Trinajstić information content (AvgIpc) is 2.46. The summed E-state index contributed by atoms with van der Waals surface area (Å²) in [5, 5.41) is 12.4. The molecule has 19 heavy (non-hydrogen) atoms. The largest absolute Gasteiger partial charge is 0.366 e. The van der Waals surface area contributed by atoms with Gasteiger partial charge in [-0.15, -0.1) is 0 Å². The molecule has 2 aromatic rings. The van der Waals surface area contributed by atoms with Crippen LogP contribution >= 0.6 is 0 Å². The van der Waals surface area contributed by atoms with Gasteiger partial charge in [0.05, 0.1) is 6.07 Å². The summed E-state index contributed by atoms with van der Waals surface area (Å²) in [6.45, 7) is 1.52. The molecule has 0 saturated heterocycles. The van der Waals surface area contributed by atoms with Gasteiger partial charge in [0.25, 0.3) is 0 Å². The van der Waals surface area contributed by atoms with Crippen molar-refractivity contribution in [1.29, 1.82) is 5.26 Å². The topological polar surface area (TPSA) is 52.9 Å². The van der Waals surface area contributed by atoms with Crippen LogP contribution in [0.5, 0.6) is 0 Å². The van der Waals surface area contributed by atoms with E-state index in [2.05, 4.69) is 11.4 Å². The van der Waals surface area contributed by atoms with E-state index in [1.54, 1.807) is 6.07 Å². The average molecular weight is 250 g/mol. The highest BCUT2D eigenvalue weighted by Gasteiger charge is 2.13. The molecule has 1 atom stereocenters. The third-order valence-corrected chi connectivity index (χ3v) is 2.87. The molecule has 0 aliphatic carbocycles. The Bertz CT molecular complexity index is 614. The van der Waals surface area contributed by atoms with Gasteiger partial charge in [0.1, 0.15) is 6.04 Å². The SMILES string of the molecule is CC(=O)c1ccccc1N[C@@H](C#N)c1ccccc1. The quantitative estimate of drug-likeness (QED) is 0.844. The number of nitrogens with one attached hydrogen (secondary N) is 1. The van der Waals surface area contributed by atoms with Crippen LogP contribution < -0.4 is 5.32 Å². The van der Waals surface area contributed by atoms with Crippen LogP contribution in [0.15, 0.2) is 54.6 Å². The molecule has 0 radical (unpaired) electrons. The number of Topliss-reactive ketones (excluding diaryl/α,β-unsaturated/α-hetero) is 1. The third kappa shape index (κ3) is 2.99. The first-order valence-corrected chi connectivity index (χ1v) is 6.03. The van der Waals surface area contributed by atoms with Crippen LogP contribution in [0.4, 0.5) is 5.69 Å². The first-order valence-electron chi connectivity index (χ1n) is 6.03. The lowest BCUT2D eigenvalue weighted by Gasteiger charge is -2.15. The Kier molecular flexibility index (Phi) is 3.94. The van der Waals surface area contributed by atoms with Gasteiger partial charge < -0.3 is 5.32 Å². The first kappa shape index (κ1) is 12.8. The molecule has 94 valence electrons. The lowest BCUT2D eigenvalue weighted by molar-refractivity contribution is 0.101. The lowest BCUT2D eigenvalue weighted by Crippen LogP contribution is -2.11. The van der Waals surface area contributed by atoms with E-state index in [0.29, 0.717) is 11.3 Å². The Hall–Kier alpha value is -2.60. The van der Waals surface area contributed by atoms with Gasteiger partial charge >= 0.3 is 0 Å². The molecular weight excluding hydrogens is 236 g/mol. The number of hydrogen-bond acceptors (Lipinski definition) is 3. The van der Waals surface area contributed by atoms with E-state index in [9.17, 15) is 10.1 Å². The molecular formula is C16H14N2O. The maximum Gasteiger partial charge on any atom is 0.161 e. The van der Waals surface area contributed by atoms with Crippen LogP contribution in [0.1, 0.15) is 28.9 Å². The van der Waals surface area contributed by atoms with Gasteiger partial charge in [-0.05, 0) is 24.6 Å². The zero-order valence-corrected chi connectivity index (χ0v) is 10.6. The van der Waals surface area contributed by atoms with Gasteiger partial charge in [-0.25, -0.2) is 0 Å². The molecule has 3 heteroatoms. The van der Waals surface area contributed by atoms with E-state index in [-0.39, 0.29) is 5.78 Å². The molecule has 0 aromatic heterocycles. The maximum atomic E-state index is 11.5. The third-order valence-electron chi connectivity index (χ3n) is 2.87. The van der Waals surface area contributed by atoms with Crippen molar-refractivity contribution in [2.24, 2.45) is 0 Å². The second-order valence-corrected chi connectivity index (χ2v) is 4.22. The molecule has 2 aromatic carbocycles. The van der Waals surface area contributed by atoms with Crippen molar-refractivity contribution in [3.63, 3.8) is 0 Å². The van der Waals surface area contributed by atoms with E-state index >= 15 is 0 Å². The molecule has 0 aliphatic rings. The maximum absolute atomic E-state index is 11.5. The van der Waals surface area contributed by atoms with E-state index in [0.717, 1.165) is 5.56 Å². The predicted octanol–water partition coefficient (Wildman–Crippen LogP) is 3.57. The number of hydrogen-bond donors (Lipinski definition) is 1. The zero-order valence-electron chi connectivity index (χ0n) is 10.6. The second-order valence-electron chi connectivity index (χ2n) is 4.22. The summed E-state index contributed by atoms with van der Waals surface area (Å²) in [7, 11) is 0. The fourth-order valence-electron chi connectivity index (χ4n) is 1.91. The summed E-state index contributed by atoms with van der Waals surface area (Å²) in [6.07, 6.45) is 0. The Morgan fingerprint density at radius 1 is 1.11 bits per heavy atom. The smallest absolute Gasteiger partial charge is 0.161 e. The van der Waals surface area contributed by atoms with Crippen molar-refractivity contribution in [2.45, 2.75) is 13.0 Å². The molecule has 0 aliphatic heterocycles. The van der Waals surface area contributed by atoms with Crippen molar-refractivity contribution in [3.8, 4) is 6.07 Å². The Morgan fingerprint density at radius 3 is 2.37 bits per heavy atom. The van der Waals surface area contributed by atoms with Crippen molar-refractivity contribution >= 4 is 11.5 Å². The van der Waals surface area contributed by atoms with Gasteiger partial charge in [-0.3, -0.25) is 4.79 Å². The summed E-state index contributed by atoms with van der Waals surface area (Å²) in [5.41, 5.74) is 2.16. The van der Waals surface area contributed by atoms with Crippen LogP contribution in [0.25, 0.3) is 0 Å². The first-order chi connectivity index (χ1) is 9.22. The number of benzene rings is 2. The van der Waals surface area contributed by atoms with Gasteiger partial charge in [-0.1, -0.05) is 42.5 Å². The number of carbonyl (C=O) groups is 1. The molecule has 0 amide bonds. The molecule has 0 spiro atoms. The fourth-order valence-corrected chi connectivity index (χ4v) is 1.91. The summed E-state index contributed by atoms with van der Waals surface area (Å²) < 4.78 is 0. The molecule has 1 N–H and O–H groups in total.